The van der Waals surface area contributed by atoms with Crippen LogP contribution in [0.5, 0.6) is 0 Å². The van der Waals surface area contributed by atoms with Gasteiger partial charge in [-0.25, -0.2) is 4.79 Å². The number of hydrogen-bond donors (Lipinski definition) is 6. The van der Waals surface area contributed by atoms with Crippen LogP contribution in [-0.4, -0.2) is 52.1 Å². The Morgan fingerprint density at radius 1 is 0.808 bits per heavy atom. The standard InChI is InChI=1S/C40H50N6O5S/c1-39(2,3)28-17-15-26(16-18-28)35(48)46-37(52)44-30-21-19-29(20-22-30)43-34(47)14-8-7-11-23-41-36(49)33(45-38(50)51-40(4,5)6)24-27-25-42-32-13-10-9-12-31(27)32/h9-10,12-13,15-22,25,33,42H,7-8,11,14,23-24H2,1-6H3,(H,41,49)(H,43,47)(H,45,50)(H2,44,46,48,52)/t33-/m0/s1. The molecule has 0 aliphatic rings. The highest BCUT2D eigenvalue weighted by atomic mass is 32.1. The SMILES string of the molecule is CC(C)(C)OC(=O)N[C@@H](Cc1c[nH]c2ccccc12)C(=O)NCCCCCC(=O)Nc1ccc(NC(=S)NC(=O)c2ccc(C(C)(C)C)cc2)cc1. The van der Waals surface area contributed by atoms with E-state index in [0.29, 0.717) is 49.2 Å². The Morgan fingerprint density at radius 3 is 2.12 bits per heavy atom. The van der Waals surface area contributed by atoms with Gasteiger partial charge in [0.1, 0.15) is 11.6 Å². The summed E-state index contributed by atoms with van der Waals surface area (Å²) in [6.45, 7) is 12.1. The van der Waals surface area contributed by atoms with E-state index in [1.165, 1.54) is 0 Å². The monoisotopic (exact) mass is 726 g/mol. The molecule has 1 atom stereocenters. The molecule has 4 aromatic rings. The number of hydrogen-bond acceptors (Lipinski definition) is 6. The number of carbonyl (C=O) groups excluding carboxylic acids is 4. The van der Waals surface area contributed by atoms with Crippen LogP contribution in [0.3, 0.4) is 0 Å². The summed E-state index contributed by atoms with van der Waals surface area (Å²) in [6.07, 6.45) is 3.85. The second-order valence-electron chi connectivity index (χ2n) is 14.7. The van der Waals surface area contributed by atoms with E-state index in [2.05, 4.69) is 52.3 Å². The number of carbonyl (C=O) groups is 4. The third-order valence-corrected chi connectivity index (χ3v) is 8.36. The number of rotatable bonds is 13. The van der Waals surface area contributed by atoms with Crippen LogP contribution in [0.15, 0.2) is 79.0 Å². The van der Waals surface area contributed by atoms with Gasteiger partial charge >= 0.3 is 6.09 Å². The molecule has 3 aromatic carbocycles. The van der Waals surface area contributed by atoms with E-state index >= 15 is 0 Å². The Hall–Kier alpha value is -5.23. The van der Waals surface area contributed by atoms with Crippen molar-refractivity contribution in [3.8, 4) is 0 Å². The minimum Gasteiger partial charge on any atom is -0.444 e. The van der Waals surface area contributed by atoms with Gasteiger partial charge in [0.05, 0.1) is 0 Å². The number of para-hydroxylation sites is 1. The molecule has 0 saturated carbocycles. The zero-order valence-electron chi connectivity index (χ0n) is 30.8. The summed E-state index contributed by atoms with van der Waals surface area (Å²) in [4.78, 5) is 54.1. The Labute approximate surface area is 311 Å². The lowest BCUT2D eigenvalue weighted by Gasteiger charge is -2.23. The minimum absolute atomic E-state index is 0.00524. The van der Waals surface area contributed by atoms with E-state index in [1.807, 2.05) is 42.6 Å². The zero-order valence-corrected chi connectivity index (χ0v) is 31.6. The van der Waals surface area contributed by atoms with Crippen LogP contribution in [-0.2, 0) is 26.2 Å². The van der Waals surface area contributed by atoms with E-state index in [1.54, 1.807) is 57.2 Å². The third kappa shape index (κ3) is 12.5. The summed E-state index contributed by atoms with van der Waals surface area (Å²) in [5.41, 5.74) is 4.11. The normalized spacial score (nSPS) is 12.0. The second kappa shape index (κ2) is 17.8. The number of thiocarbonyl (C=S) groups is 1. The number of ether oxygens (including phenoxy) is 1. The van der Waals surface area contributed by atoms with Crippen molar-refractivity contribution in [2.45, 2.75) is 90.7 Å². The van der Waals surface area contributed by atoms with Crippen molar-refractivity contribution in [2.24, 2.45) is 0 Å². The highest BCUT2D eigenvalue weighted by Gasteiger charge is 2.25. The molecule has 6 N–H and O–H groups in total. The smallest absolute Gasteiger partial charge is 0.408 e. The molecule has 4 rings (SSSR count). The number of amides is 4. The molecule has 276 valence electrons. The highest BCUT2D eigenvalue weighted by Crippen LogP contribution is 2.23. The van der Waals surface area contributed by atoms with Gasteiger partial charge in [-0.15, -0.1) is 0 Å². The molecule has 0 radical (unpaired) electrons. The van der Waals surface area contributed by atoms with Crippen LogP contribution in [0.2, 0.25) is 0 Å². The Bertz CT molecular complexity index is 1860. The highest BCUT2D eigenvalue weighted by molar-refractivity contribution is 7.80. The topological polar surface area (TPSA) is 153 Å². The van der Waals surface area contributed by atoms with Gasteiger partial charge in [0, 0.05) is 53.4 Å². The van der Waals surface area contributed by atoms with Crippen molar-refractivity contribution in [1.82, 2.24) is 20.9 Å². The predicted octanol–water partition coefficient (Wildman–Crippen LogP) is 7.34. The average molecular weight is 727 g/mol. The molecule has 4 amide bonds. The van der Waals surface area contributed by atoms with E-state index in [9.17, 15) is 19.2 Å². The van der Waals surface area contributed by atoms with Gasteiger partial charge in [0.25, 0.3) is 5.91 Å². The molecular formula is C40H50N6O5S. The average Bonchev–Trinajstić information content (AvgIpc) is 3.48. The summed E-state index contributed by atoms with van der Waals surface area (Å²) in [7, 11) is 0. The molecule has 11 nitrogen and oxygen atoms in total. The van der Waals surface area contributed by atoms with Crippen LogP contribution in [0.1, 0.15) is 88.7 Å². The summed E-state index contributed by atoms with van der Waals surface area (Å²) < 4.78 is 5.41. The number of unbranched alkanes of at least 4 members (excludes halogenated alkanes) is 2. The molecule has 12 heteroatoms. The fourth-order valence-corrected chi connectivity index (χ4v) is 5.63. The Balaban J connectivity index is 1.16. The van der Waals surface area contributed by atoms with Crippen molar-refractivity contribution >= 4 is 63.4 Å². The summed E-state index contributed by atoms with van der Waals surface area (Å²) in [5.74, 6) is -0.726. The number of benzene rings is 3. The van der Waals surface area contributed by atoms with E-state index in [0.717, 1.165) is 28.5 Å². The number of alkyl carbamates (subject to hydrolysis) is 1. The lowest BCUT2D eigenvalue weighted by molar-refractivity contribution is -0.123. The Kier molecular flexibility index (Phi) is 13.5. The van der Waals surface area contributed by atoms with E-state index < -0.39 is 17.7 Å². The van der Waals surface area contributed by atoms with Crippen LogP contribution in [0.25, 0.3) is 10.9 Å². The molecule has 0 aliphatic heterocycles. The van der Waals surface area contributed by atoms with Crippen LogP contribution in [0, 0.1) is 0 Å². The van der Waals surface area contributed by atoms with Crippen molar-refractivity contribution in [2.75, 3.05) is 17.2 Å². The maximum Gasteiger partial charge on any atom is 0.408 e. The lowest BCUT2D eigenvalue weighted by Crippen LogP contribution is -2.49. The zero-order chi connectivity index (χ0) is 37.9. The first-order valence-corrected chi connectivity index (χ1v) is 17.9. The van der Waals surface area contributed by atoms with Gasteiger partial charge in [-0.2, -0.15) is 0 Å². The first-order chi connectivity index (χ1) is 24.6. The van der Waals surface area contributed by atoms with Crippen molar-refractivity contribution < 1.29 is 23.9 Å². The molecule has 0 aliphatic carbocycles. The number of nitrogens with one attached hydrogen (secondary N) is 6. The van der Waals surface area contributed by atoms with Gasteiger partial charge in [-0.1, -0.05) is 57.5 Å². The fraction of sp³-hybridized carbons (Fsp3) is 0.375. The second-order valence-corrected chi connectivity index (χ2v) is 15.1. The minimum atomic E-state index is -0.827. The van der Waals surface area contributed by atoms with Crippen molar-refractivity contribution in [1.29, 1.82) is 0 Å². The predicted molar refractivity (Wildman–Crippen MR) is 211 cm³/mol. The van der Waals surface area contributed by atoms with Crippen LogP contribution in [0.4, 0.5) is 16.2 Å². The molecule has 0 saturated heterocycles. The molecule has 0 unspecified atom stereocenters. The number of fused-ring (bicyclic) bond motifs is 1. The van der Waals surface area contributed by atoms with Gasteiger partial charge < -0.3 is 31.0 Å². The Morgan fingerprint density at radius 2 is 1.46 bits per heavy atom. The molecule has 0 fully saturated rings. The first kappa shape index (κ1) is 39.6. The molecule has 1 aromatic heterocycles. The number of aromatic nitrogens is 1. The van der Waals surface area contributed by atoms with Crippen molar-refractivity contribution in [3.63, 3.8) is 0 Å². The first-order valence-electron chi connectivity index (χ1n) is 17.5. The number of aromatic amines is 1. The molecule has 52 heavy (non-hydrogen) atoms. The van der Waals surface area contributed by atoms with Crippen LogP contribution < -0.4 is 26.6 Å². The lowest BCUT2D eigenvalue weighted by atomic mass is 9.87. The summed E-state index contributed by atoms with van der Waals surface area (Å²) in [5, 5.41) is 15.4. The van der Waals surface area contributed by atoms with Gasteiger partial charge in [-0.05, 0) is 105 Å². The fourth-order valence-electron chi connectivity index (χ4n) is 5.42. The maximum atomic E-state index is 13.2. The summed E-state index contributed by atoms with van der Waals surface area (Å²) in [6, 6.07) is 21.4. The number of H-pyrrole nitrogens is 1. The summed E-state index contributed by atoms with van der Waals surface area (Å²) >= 11 is 5.32. The van der Waals surface area contributed by atoms with Crippen LogP contribution >= 0.6 is 12.2 Å². The molecule has 0 bridgehead atoms. The molecule has 1 heterocycles. The third-order valence-electron chi connectivity index (χ3n) is 8.15. The molecular weight excluding hydrogens is 677 g/mol. The largest absolute Gasteiger partial charge is 0.444 e. The van der Waals surface area contributed by atoms with Crippen molar-refractivity contribution in [3.05, 3.63) is 95.7 Å². The van der Waals surface area contributed by atoms with Gasteiger partial charge in [0.15, 0.2) is 5.11 Å². The van der Waals surface area contributed by atoms with E-state index in [-0.39, 0.29) is 28.2 Å². The maximum absolute atomic E-state index is 13.2. The van der Waals surface area contributed by atoms with Gasteiger partial charge in [0.2, 0.25) is 11.8 Å². The quantitative estimate of drug-likeness (QED) is 0.0623. The van der Waals surface area contributed by atoms with Gasteiger partial charge in [-0.3, -0.25) is 19.7 Å². The number of anilines is 2. The molecule has 0 spiro atoms. The van der Waals surface area contributed by atoms with E-state index in [4.69, 9.17) is 17.0 Å².